The number of hydrogen-bond acceptors (Lipinski definition) is 2. The van der Waals surface area contributed by atoms with Crippen LogP contribution in [0.25, 0.3) is 0 Å². The van der Waals surface area contributed by atoms with Crippen molar-refractivity contribution in [3.05, 3.63) is 48.3 Å². The van der Waals surface area contributed by atoms with E-state index in [-0.39, 0.29) is 36.7 Å². The van der Waals surface area contributed by atoms with Gasteiger partial charge in [0.1, 0.15) is 5.82 Å². The maximum absolute atomic E-state index is 13.2. The van der Waals surface area contributed by atoms with Crippen LogP contribution in [0.15, 0.2) is 36.9 Å². The van der Waals surface area contributed by atoms with Crippen molar-refractivity contribution in [3.8, 4) is 0 Å². The molecule has 0 heterocycles. The predicted octanol–water partition coefficient (Wildman–Crippen LogP) is 4.78. The summed E-state index contributed by atoms with van der Waals surface area (Å²) in [7, 11) is 0. The van der Waals surface area contributed by atoms with Crippen LogP contribution in [0.2, 0.25) is 0 Å². The number of aliphatic hydroxyl groups is 1. The van der Waals surface area contributed by atoms with Crippen LogP contribution >= 0.6 is 0 Å². The number of nitrogens with zero attached hydrogens (tertiary/aromatic N) is 1. The summed E-state index contributed by atoms with van der Waals surface area (Å²) in [6.07, 6.45) is 1.76. The first-order valence-corrected chi connectivity index (χ1v) is 8.64. The highest BCUT2D eigenvalue weighted by molar-refractivity contribution is 5.65. The van der Waals surface area contributed by atoms with E-state index in [4.69, 9.17) is 0 Å². The second-order valence-corrected chi connectivity index (χ2v) is 7.55. The molecule has 2 atom stereocenters. The lowest BCUT2D eigenvalue weighted by Gasteiger charge is -2.40. The highest BCUT2D eigenvalue weighted by Crippen LogP contribution is 2.32. The summed E-state index contributed by atoms with van der Waals surface area (Å²) in [5.41, 5.74) is -0.929. The molecule has 1 aromatic rings. The average Bonchev–Trinajstić information content (AvgIpc) is 2.50. The van der Waals surface area contributed by atoms with Gasteiger partial charge in [-0.1, -0.05) is 45.9 Å². The molecule has 1 rings (SSSR count). The minimum Gasteiger partial charge on any atom is -0.465 e. The van der Waals surface area contributed by atoms with Gasteiger partial charge < -0.3 is 15.1 Å². The number of amides is 1. The van der Waals surface area contributed by atoms with Gasteiger partial charge in [-0.25, -0.2) is 9.18 Å². The van der Waals surface area contributed by atoms with Crippen LogP contribution in [0.3, 0.4) is 0 Å². The van der Waals surface area contributed by atoms with Crippen LogP contribution in [-0.4, -0.2) is 33.8 Å². The standard InChI is InChI=1S/C20H30FNO3/c1-6-12-20(25,15-8-10-16(21)11-9-15)13-14-22(18(23)24)17(7-2)19(3,4)5/h6,8-11,17,25H,1,7,12-14H2,2-5H3,(H,23,24)/t17-,20?/m0/s1. The third-order valence-electron chi connectivity index (χ3n) is 4.64. The minimum absolute atomic E-state index is 0.161. The SMILES string of the molecule is C=CCC(O)(CCN(C(=O)O)[C@@H](CC)C(C)(C)C)c1ccc(F)cc1. The third-order valence-corrected chi connectivity index (χ3v) is 4.64. The third kappa shape index (κ3) is 5.56. The monoisotopic (exact) mass is 351 g/mol. The summed E-state index contributed by atoms with van der Waals surface area (Å²) in [4.78, 5) is 13.2. The lowest BCUT2D eigenvalue weighted by molar-refractivity contribution is 0.00808. The molecule has 0 radical (unpaired) electrons. The van der Waals surface area contributed by atoms with Crippen LogP contribution in [0.4, 0.5) is 9.18 Å². The zero-order valence-electron chi connectivity index (χ0n) is 15.6. The fourth-order valence-corrected chi connectivity index (χ4v) is 3.35. The number of halogens is 1. The fourth-order valence-electron chi connectivity index (χ4n) is 3.35. The number of benzene rings is 1. The van der Waals surface area contributed by atoms with Crippen LogP contribution in [-0.2, 0) is 5.60 Å². The Morgan fingerprint density at radius 2 is 1.88 bits per heavy atom. The molecule has 140 valence electrons. The molecule has 1 unspecified atom stereocenters. The molecule has 0 saturated carbocycles. The Morgan fingerprint density at radius 1 is 1.32 bits per heavy atom. The molecule has 0 aromatic heterocycles. The first-order chi connectivity index (χ1) is 11.5. The van der Waals surface area contributed by atoms with E-state index in [1.165, 1.54) is 29.2 Å². The maximum Gasteiger partial charge on any atom is 0.407 e. The van der Waals surface area contributed by atoms with E-state index in [0.29, 0.717) is 12.0 Å². The summed E-state index contributed by atoms with van der Waals surface area (Å²) in [6, 6.07) is 5.49. The van der Waals surface area contributed by atoms with E-state index in [1.54, 1.807) is 6.08 Å². The van der Waals surface area contributed by atoms with Gasteiger partial charge in [0, 0.05) is 12.6 Å². The average molecular weight is 351 g/mol. The molecule has 0 aliphatic heterocycles. The summed E-state index contributed by atoms with van der Waals surface area (Å²) in [6.45, 7) is 11.8. The molecule has 0 aliphatic carbocycles. The van der Waals surface area contributed by atoms with Gasteiger partial charge in [0.15, 0.2) is 0 Å². The van der Waals surface area contributed by atoms with Gasteiger partial charge in [0.05, 0.1) is 5.60 Å². The summed E-state index contributed by atoms with van der Waals surface area (Å²) in [5, 5.41) is 20.7. The van der Waals surface area contributed by atoms with Crippen molar-refractivity contribution in [2.45, 2.75) is 58.6 Å². The van der Waals surface area contributed by atoms with E-state index in [2.05, 4.69) is 6.58 Å². The van der Waals surface area contributed by atoms with Crippen molar-refractivity contribution in [2.24, 2.45) is 5.41 Å². The lowest BCUT2D eigenvalue weighted by atomic mass is 9.83. The summed E-state index contributed by atoms with van der Waals surface area (Å²) in [5.74, 6) is -0.379. The smallest absolute Gasteiger partial charge is 0.407 e. The number of hydrogen-bond donors (Lipinski definition) is 2. The molecule has 4 nitrogen and oxygen atoms in total. The quantitative estimate of drug-likeness (QED) is 0.662. The molecule has 0 fully saturated rings. The van der Waals surface area contributed by atoms with Gasteiger partial charge in [-0.3, -0.25) is 0 Å². The molecule has 2 N–H and O–H groups in total. The van der Waals surface area contributed by atoms with Crippen molar-refractivity contribution in [1.82, 2.24) is 4.90 Å². The van der Waals surface area contributed by atoms with E-state index in [1.807, 2.05) is 27.7 Å². The Bertz CT molecular complexity index is 580. The van der Waals surface area contributed by atoms with Crippen LogP contribution in [0.5, 0.6) is 0 Å². The van der Waals surface area contributed by atoms with Crippen molar-refractivity contribution < 1.29 is 19.4 Å². The molecule has 1 aromatic carbocycles. The molecule has 0 bridgehead atoms. The molecule has 0 saturated heterocycles. The molecule has 5 heteroatoms. The van der Waals surface area contributed by atoms with Crippen molar-refractivity contribution in [3.63, 3.8) is 0 Å². The minimum atomic E-state index is -1.28. The fraction of sp³-hybridized carbons (Fsp3) is 0.550. The van der Waals surface area contributed by atoms with Gasteiger partial charge in [0.25, 0.3) is 0 Å². The van der Waals surface area contributed by atoms with Gasteiger partial charge >= 0.3 is 6.09 Å². The lowest BCUT2D eigenvalue weighted by Crippen LogP contribution is -2.48. The topological polar surface area (TPSA) is 60.8 Å². The molecule has 1 amide bonds. The predicted molar refractivity (Wildman–Crippen MR) is 98.0 cm³/mol. The van der Waals surface area contributed by atoms with Gasteiger partial charge in [-0.05, 0) is 42.4 Å². The Labute approximate surface area is 150 Å². The highest BCUT2D eigenvalue weighted by Gasteiger charge is 2.35. The molecule has 0 spiro atoms. The largest absolute Gasteiger partial charge is 0.465 e. The molecule has 0 aliphatic rings. The van der Waals surface area contributed by atoms with Crippen LogP contribution < -0.4 is 0 Å². The summed E-state index contributed by atoms with van der Waals surface area (Å²) < 4.78 is 13.2. The van der Waals surface area contributed by atoms with Gasteiger partial charge in [-0.15, -0.1) is 6.58 Å². The van der Waals surface area contributed by atoms with Gasteiger partial charge in [0.2, 0.25) is 0 Å². The molecule has 25 heavy (non-hydrogen) atoms. The molecular formula is C20H30FNO3. The normalized spacial score (nSPS) is 15.3. The Hall–Kier alpha value is -1.88. The summed E-state index contributed by atoms with van der Waals surface area (Å²) >= 11 is 0. The van der Waals surface area contributed by atoms with E-state index in [0.717, 1.165) is 0 Å². The van der Waals surface area contributed by atoms with Crippen molar-refractivity contribution in [1.29, 1.82) is 0 Å². The van der Waals surface area contributed by atoms with Gasteiger partial charge in [-0.2, -0.15) is 0 Å². The van der Waals surface area contributed by atoms with E-state index >= 15 is 0 Å². The van der Waals surface area contributed by atoms with Crippen molar-refractivity contribution >= 4 is 6.09 Å². The number of carboxylic acid groups (broad SMARTS) is 1. The first-order valence-electron chi connectivity index (χ1n) is 8.64. The second-order valence-electron chi connectivity index (χ2n) is 7.55. The highest BCUT2D eigenvalue weighted by atomic mass is 19.1. The first kappa shape index (κ1) is 21.2. The second kappa shape index (κ2) is 8.48. The number of carbonyl (C=O) groups is 1. The zero-order valence-corrected chi connectivity index (χ0v) is 15.6. The van der Waals surface area contributed by atoms with Crippen LogP contribution in [0.1, 0.15) is 52.5 Å². The van der Waals surface area contributed by atoms with Crippen LogP contribution in [0, 0.1) is 11.2 Å². The Morgan fingerprint density at radius 3 is 2.28 bits per heavy atom. The number of rotatable bonds is 8. The van der Waals surface area contributed by atoms with E-state index in [9.17, 15) is 19.4 Å². The van der Waals surface area contributed by atoms with E-state index < -0.39 is 11.7 Å². The Balaban J connectivity index is 3.05. The maximum atomic E-state index is 13.2. The van der Waals surface area contributed by atoms with Crippen molar-refractivity contribution in [2.75, 3.05) is 6.54 Å². The zero-order chi connectivity index (χ0) is 19.3. The molecular weight excluding hydrogens is 321 g/mol. The Kier molecular flexibility index (Phi) is 7.17.